The molecule has 0 aromatic heterocycles. The van der Waals surface area contributed by atoms with Crippen molar-refractivity contribution in [1.29, 1.82) is 0 Å². The summed E-state index contributed by atoms with van der Waals surface area (Å²) in [7, 11) is 0. The van der Waals surface area contributed by atoms with Crippen LogP contribution in [0.4, 0.5) is 14.5 Å². The average Bonchev–Trinajstić information content (AvgIpc) is 3.06. The van der Waals surface area contributed by atoms with Crippen LogP contribution in [-0.4, -0.2) is 41.9 Å². The lowest BCUT2D eigenvalue weighted by molar-refractivity contribution is -0.151. The number of carbonyl (C=O) groups excluding carboxylic acids is 3. The van der Waals surface area contributed by atoms with Crippen LogP contribution < -0.4 is 5.32 Å². The molecule has 0 spiro atoms. The van der Waals surface area contributed by atoms with Crippen LogP contribution in [0, 0.1) is 29.4 Å². The molecule has 1 aliphatic heterocycles. The lowest BCUT2D eigenvalue weighted by Gasteiger charge is -2.39. The largest absolute Gasteiger partial charge is 0.455 e. The predicted octanol–water partition coefficient (Wildman–Crippen LogP) is 3.12. The summed E-state index contributed by atoms with van der Waals surface area (Å²) in [4.78, 5) is 38.4. The Hall–Kier alpha value is -2.51. The van der Waals surface area contributed by atoms with Crippen molar-refractivity contribution in [2.45, 2.75) is 45.6 Å². The topological polar surface area (TPSA) is 75.7 Å². The number of nitrogens with one attached hydrogen (secondary N) is 1. The van der Waals surface area contributed by atoms with Gasteiger partial charge in [0.1, 0.15) is 17.3 Å². The molecule has 0 bridgehead atoms. The number of benzene rings is 1. The third kappa shape index (κ3) is 4.74. The second kappa shape index (κ2) is 8.88. The normalized spacial score (nSPS) is 27.0. The molecule has 8 heteroatoms. The number of hydrogen-bond donors (Lipinski definition) is 1. The summed E-state index contributed by atoms with van der Waals surface area (Å²) in [6.45, 7) is 3.93. The Balaban J connectivity index is 1.52. The van der Waals surface area contributed by atoms with Crippen molar-refractivity contribution in [2.75, 3.05) is 18.5 Å². The first-order valence-corrected chi connectivity index (χ1v) is 9.98. The third-order valence-electron chi connectivity index (χ3n) is 6.13. The van der Waals surface area contributed by atoms with Gasteiger partial charge < -0.3 is 15.0 Å². The Labute approximate surface area is 168 Å². The summed E-state index contributed by atoms with van der Waals surface area (Å²) >= 11 is 0. The van der Waals surface area contributed by atoms with Crippen LogP contribution in [0.1, 0.15) is 39.5 Å². The van der Waals surface area contributed by atoms with Gasteiger partial charge in [-0.3, -0.25) is 14.4 Å². The van der Waals surface area contributed by atoms with Crippen molar-refractivity contribution in [3.63, 3.8) is 0 Å². The predicted molar refractivity (Wildman–Crippen MR) is 102 cm³/mol. The number of para-hydroxylation sites is 1. The maximum absolute atomic E-state index is 13.6. The lowest BCUT2D eigenvalue weighted by Crippen LogP contribution is -2.45. The highest BCUT2D eigenvalue weighted by molar-refractivity contribution is 5.94. The smallest absolute Gasteiger partial charge is 0.311 e. The van der Waals surface area contributed by atoms with Gasteiger partial charge >= 0.3 is 5.97 Å². The molecule has 0 radical (unpaired) electrons. The van der Waals surface area contributed by atoms with E-state index in [1.807, 2.05) is 0 Å². The summed E-state index contributed by atoms with van der Waals surface area (Å²) in [6.07, 6.45) is 3.18. The molecule has 2 fully saturated rings. The van der Waals surface area contributed by atoms with Gasteiger partial charge in [-0.1, -0.05) is 32.8 Å². The first-order valence-electron chi connectivity index (χ1n) is 9.98. The van der Waals surface area contributed by atoms with Crippen LogP contribution in [0.5, 0.6) is 0 Å². The standard InChI is InChI=1S/C21H26F2N2O4/c1-12-5-3-8-17(13(12)2)25-10-14(9-19(25)27)21(28)29-11-18(26)24-20-15(22)6-4-7-16(20)23/h4,6-7,12-14,17H,3,5,8-11H2,1-2H3,(H,24,26)/t12-,13-,14-,17-/m1/s1. The molecule has 4 atom stereocenters. The number of amides is 2. The van der Waals surface area contributed by atoms with Crippen LogP contribution in [-0.2, 0) is 19.1 Å². The van der Waals surface area contributed by atoms with Gasteiger partial charge in [0.25, 0.3) is 5.91 Å². The van der Waals surface area contributed by atoms with E-state index >= 15 is 0 Å². The van der Waals surface area contributed by atoms with Crippen LogP contribution in [0.15, 0.2) is 18.2 Å². The van der Waals surface area contributed by atoms with Gasteiger partial charge in [-0.05, 0) is 30.4 Å². The van der Waals surface area contributed by atoms with E-state index < -0.39 is 41.7 Å². The monoisotopic (exact) mass is 408 g/mol. The Morgan fingerprint density at radius 1 is 1.21 bits per heavy atom. The van der Waals surface area contributed by atoms with E-state index in [4.69, 9.17) is 4.74 Å². The Kier molecular flexibility index (Phi) is 6.49. The fourth-order valence-electron chi connectivity index (χ4n) is 4.25. The van der Waals surface area contributed by atoms with Gasteiger partial charge in [0.05, 0.1) is 5.92 Å². The minimum atomic E-state index is -0.919. The zero-order valence-corrected chi connectivity index (χ0v) is 16.6. The summed E-state index contributed by atoms with van der Waals surface area (Å²) in [5, 5.41) is 2.06. The van der Waals surface area contributed by atoms with Gasteiger partial charge in [0.15, 0.2) is 6.61 Å². The first-order chi connectivity index (χ1) is 13.8. The van der Waals surface area contributed by atoms with Gasteiger partial charge in [-0.25, -0.2) is 8.78 Å². The molecular formula is C21H26F2N2O4. The van der Waals surface area contributed by atoms with Crippen molar-refractivity contribution in [3.8, 4) is 0 Å². The van der Waals surface area contributed by atoms with Crippen LogP contribution in [0.3, 0.4) is 0 Å². The second-order valence-electron chi connectivity index (χ2n) is 8.03. The van der Waals surface area contributed by atoms with Crippen molar-refractivity contribution in [1.82, 2.24) is 4.90 Å². The van der Waals surface area contributed by atoms with Crippen LogP contribution in [0.25, 0.3) is 0 Å². The first kappa shape index (κ1) is 21.2. The summed E-state index contributed by atoms with van der Waals surface area (Å²) in [6, 6.07) is 3.32. The molecule has 0 unspecified atom stereocenters. The van der Waals surface area contributed by atoms with E-state index in [2.05, 4.69) is 19.2 Å². The number of hydrogen-bond acceptors (Lipinski definition) is 4. The quantitative estimate of drug-likeness (QED) is 0.760. The number of anilines is 1. The molecule has 1 aromatic rings. The molecular weight excluding hydrogens is 382 g/mol. The fraction of sp³-hybridized carbons (Fsp3) is 0.571. The van der Waals surface area contributed by atoms with Gasteiger partial charge in [0.2, 0.25) is 5.91 Å². The van der Waals surface area contributed by atoms with Crippen LogP contribution in [0.2, 0.25) is 0 Å². The molecule has 1 N–H and O–H groups in total. The van der Waals surface area contributed by atoms with E-state index in [0.717, 1.165) is 31.4 Å². The number of halogens is 2. The Bertz CT molecular complexity index is 781. The molecule has 29 heavy (non-hydrogen) atoms. The average molecular weight is 408 g/mol. The van der Waals surface area contributed by atoms with Crippen molar-refractivity contribution < 1.29 is 27.9 Å². The lowest BCUT2D eigenvalue weighted by atomic mass is 9.77. The van der Waals surface area contributed by atoms with Gasteiger partial charge in [0, 0.05) is 19.0 Å². The summed E-state index contributed by atoms with van der Waals surface area (Å²) < 4.78 is 32.1. The number of likely N-dealkylation sites (tertiary alicyclic amines) is 1. The van der Waals surface area contributed by atoms with Gasteiger partial charge in [-0.15, -0.1) is 0 Å². The van der Waals surface area contributed by atoms with Crippen LogP contribution >= 0.6 is 0 Å². The highest BCUT2D eigenvalue weighted by Gasteiger charge is 2.42. The molecule has 2 amide bonds. The van der Waals surface area contributed by atoms with E-state index in [1.54, 1.807) is 4.90 Å². The number of rotatable bonds is 5. The molecule has 6 nitrogen and oxygen atoms in total. The minimum absolute atomic E-state index is 0.0556. The highest BCUT2D eigenvalue weighted by Crippen LogP contribution is 2.35. The summed E-state index contributed by atoms with van der Waals surface area (Å²) in [5.41, 5.74) is -0.587. The number of carbonyl (C=O) groups is 3. The number of esters is 1. The maximum atomic E-state index is 13.6. The number of nitrogens with zero attached hydrogens (tertiary/aromatic N) is 1. The third-order valence-corrected chi connectivity index (χ3v) is 6.13. The van der Waals surface area contributed by atoms with Crippen molar-refractivity contribution in [3.05, 3.63) is 29.8 Å². The van der Waals surface area contributed by atoms with E-state index in [0.29, 0.717) is 11.8 Å². The molecule has 3 rings (SSSR count). The Morgan fingerprint density at radius 2 is 1.90 bits per heavy atom. The van der Waals surface area contributed by atoms with Crippen molar-refractivity contribution >= 4 is 23.5 Å². The van der Waals surface area contributed by atoms with Crippen molar-refractivity contribution in [2.24, 2.45) is 17.8 Å². The number of ether oxygens (including phenoxy) is 1. The molecule has 1 saturated carbocycles. The van der Waals surface area contributed by atoms with E-state index in [1.165, 1.54) is 6.07 Å². The maximum Gasteiger partial charge on any atom is 0.311 e. The highest BCUT2D eigenvalue weighted by atomic mass is 19.1. The van der Waals surface area contributed by atoms with Gasteiger partial charge in [-0.2, -0.15) is 0 Å². The molecule has 158 valence electrons. The molecule has 1 aliphatic carbocycles. The van der Waals surface area contributed by atoms with E-state index in [-0.39, 0.29) is 24.9 Å². The second-order valence-corrected chi connectivity index (χ2v) is 8.03. The minimum Gasteiger partial charge on any atom is -0.455 e. The molecule has 1 aromatic carbocycles. The summed E-state index contributed by atoms with van der Waals surface area (Å²) in [5.74, 6) is -3.16. The zero-order valence-electron chi connectivity index (χ0n) is 16.6. The molecule has 1 saturated heterocycles. The molecule has 1 heterocycles. The SMILES string of the molecule is C[C@@H]1[C@H](C)CCC[C@H]1N1C[C@H](C(=O)OCC(=O)Nc2c(F)cccc2F)CC1=O. The zero-order chi connectivity index (χ0) is 21.1. The van der Waals surface area contributed by atoms with E-state index in [9.17, 15) is 23.2 Å². The fourth-order valence-corrected chi connectivity index (χ4v) is 4.25. The Morgan fingerprint density at radius 3 is 2.59 bits per heavy atom. The molecule has 2 aliphatic rings.